The second-order valence-corrected chi connectivity index (χ2v) is 4.57. The smallest absolute Gasteiger partial charge is 0.0585 e. The number of hydrogen-bond donors (Lipinski definition) is 1. The van der Waals surface area contributed by atoms with E-state index in [9.17, 15) is 0 Å². The minimum Gasteiger partial charge on any atom is -0.398 e. The molecule has 0 spiro atoms. The van der Waals surface area contributed by atoms with E-state index in [4.69, 9.17) is 17.3 Å². The van der Waals surface area contributed by atoms with Crippen molar-refractivity contribution in [2.24, 2.45) is 0 Å². The summed E-state index contributed by atoms with van der Waals surface area (Å²) in [5.41, 5.74) is 6.55. The van der Waals surface area contributed by atoms with Crippen molar-refractivity contribution in [3.05, 3.63) is 27.0 Å². The zero-order valence-corrected chi connectivity index (χ0v) is 9.13. The highest BCUT2D eigenvalue weighted by atomic mass is 79.9. The Balaban J connectivity index is 2.98. The van der Waals surface area contributed by atoms with Gasteiger partial charge in [0.25, 0.3) is 0 Å². The lowest BCUT2D eigenvalue weighted by molar-refractivity contribution is 1.77. The average Bonchev–Trinajstić information content (AvgIpc) is 2.42. The predicted octanol–water partition coefficient (Wildman–Crippen LogP) is 3.90. The summed E-state index contributed by atoms with van der Waals surface area (Å²) in [6.07, 6.45) is 0. The van der Waals surface area contributed by atoms with Gasteiger partial charge >= 0.3 is 0 Å². The SMILES string of the molecule is Nc1csc2c(Cl)ccc(Br)c12. The number of fused-ring (bicyclic) bond motifs is 1. The summed E-state index contributed by atoms with van der Waals surface area (Å²) in [4.78, 5) is 0. The molecule has 0 fully saturated rings. The first-order valence-corrected chi connectivity index (χ1v) is 5.36. The standard InChI is InChI=1S/C8H5BrClNS/c9-4-1-2-5(10)8-7(4)6(11)3-12-8/h1-3H,11H2. The van der Waals surface area contributed by atoms with Crippen LogP contribution in [0, 0.1) is 0 Å². The van der Waals surface area contributed by atoms with Crippen LogP contribution in [-0.4, -0.2) is 0 Å². The van der Waals surface area contributed by atoms with Crippen LogP contribution in [0.4, 0.5) is 5.69 Å². The third-order valence-electron chi connectivity index (χ3n) is 1.65. The molecule has 2 N–H and O–H groups in total. The highest BCUT2D eigenvalue weighted by Crippen LogP contribution is 2.38. The van der Waals surface area contributed by atoms with Crippen molar-refractivity contribution in [3.63, 3.8) is 0 Å². The highest BCUT2D eigenvalue weighted by molar-refractivity contribution is 9.10. The fraction of sp³-hybridized carbons (Fsp3) is 0. The fourth-order valence-corrected chi connectivity index (χ4v) is 2.97. The van der Waals surface area contributed by atoms with Crippen molar-refractivity contribution in [1.82, 2.24) is 0 Å². The molecular formula is C8H5BrClNS. The van der Waals surface area contributed by atoms with Crippen LogP contribution >= 0.6 is 38.9 Å². The molecule has 2 aromatic rings. The first kappa shape index (κ1) is 8.35. The van der Waals surface area contributed by atoms with Crippen LogP contribution in [0.2, 0.25) is 5.02 Å². The lowest BCUT2D eigenvalue weighted by Gasteiger charge is -1.97. The summed E-state index contributed by atoms with van der Waals surface area (Å²) in [7, 11) is 0. The molecule has 2 rings (SSSR count). The molecule has 0 amide bonds. The minimum absolute atomic E-state index is 0.759. The number of nitrogen functional groups attached to an aromatic ring is 1. The molecule has 1 nitrogen and oxygen atoms in total. The van der Waals surface area contributed by atoms with Gasteiger partial charge in [0.2, 0.25) is 0 Å². The number of nitrogens with two attached hydrogens (primary N) is 1. The maximum absolute atomic E-state index is 5.98. The first-order chi connectivity index (χ1) is 5.70. The summed E-state index contributed by atoms with van der Waals surface area (Å²) in [6, 6.07) is 3.78. The van der Waals surface area contributed by atoms with Gasteiger partial charge in [0.1, 0.15) is 0 Å². The number of hydrogen-bond acceptors (Lipinski definition) is 2. The molecule has 12 heavy (non-hydrogen) atoms. The predicted molar refractivity (Wildman–Crippen MR) is 58.9 cm³/mol. The maximum atomic E-state index is 5.98. The van der Waals surface area contributed by atoms with Gasteiger partial charge in [-0.1, -0.05) is 27.5 Å². The van der Waals surface area contributed by atoms with Crippen molar-refractivity contribution in [1.29, 1.82) is 0 Å². The Labute approximate surface area is 87.3 Å². The van der Waals surface area contributed by atoms with E-state index in [-0.39, 0.29) is 0 Å². The summed E-state index contributed by atoms with van der Waals surface area (Å²) in [6.45, 7) is 0. The third kappa shape index (κ3) is 1.13. The van der Waals surface area contributed by atoms with E-state index in [2.05, 4.69) is 15.9 Å². The molecule has 0 saturated carbocycles. The van der Waals surface area contributed by atoms with E-state index in [1.54, 1.807) is 11.3 Å². The Morgan fingerprint density at radius 1 is 1.42 bits per heavy atom. The van der Waals surface area contributed by atoms with Crippen molar-refractivity contribution in [2.45, 2.75) is 0 Å². The van der Waals surface area contributed by atoms with Gasteiger partial charge in [-0.25, -0.2) is 0 Å². The van der Waals surface area contributed by atoms with Crippen LogP contribution < -0.4 is 5.73 Å². The summed E-state index contributed by atoms with van der Waals surface area (Å²) < 4.78 is 2.05. The van der Waals surface area contributed by atoms with Crippen LogP contribution in [0.5, 0.6) is 0 Å². The summed E-state index contributed by atoms with van der Waals surface area (Å²) in [5.74, 6) is 0. The largest absolute Gasteiger partial charge is 0.398 e. The van der Waals surface area contributed by atoms with Gasteiger partial charge in [0.15, 0.2) is 0 Å². The highest BCUT2D eigenvalue weighted by Gasteiger charge is 2.07. The molecule has 0 aliphatic rings. The van der Waals surface area contributed by atoms with Crippen molar-refractivity contribution >= 4 is 54.6 Å². The van der Waals surface area contributed by atoms with Crippen LogP contribution in [0.1, 0.15) is 0 Å². The van der Waals surface area contributed by atoms with Crippen molar-refractivity contribution in [3.8, 4) is 0 Å². The minimum atomic E-state index is 0.759. The van der Waals surface area contributed by atoms with Gasteiger partial charge in [-0.2, -0.15) is 0 Å². The molecule has 1 heterocycles. The van der Waals surface area contributed by atoms with Crippen molar-refractivity contribution in [2.75, 3.05) is 5.73 Å². The van der Waals surface area contributed by atoms with Gasteiger partial charge in [0.05, 0.1) is 15.4 Å². The molecule has 0 bridgehead atoms. The molecule has 62 valence electrons. The molecule has 0 unspecified atom stereocenters. The van der Waals surface area contributed by atoms with E-state index >= 15 is 0 Å². The lowest BCUT2D eigenvalue weighted by atomic mass is 10.2. The van der Waals surface area contributed by atoms with Gasteiger partial charge in [-0.3, -0.25) is 0 Å². The van der Waals surface area contributed by atoms with Gasteiger partial charge in [-0.05, 0) is 12.1 Å². The Hall–Kier alpha value is -0.250. The number of halogens is 2. The van der Waals surface area contributed by atoms with E-state index < -0.39 is 0 Å². The normalized spacial score (nSPS) is 10.8. The topological polar surface area (TPSA) is 26.0 Å². The van der Waals surface area contributed by atoms with Crippen LogP contribution in [0.15, 0.2) is 22.0 Å². The van der Waals surface area contributed by atoms with E-state index in [1.165, 1.54) is 0 Å². The quantitative estimate of drug-likeness (QED) is 0.765. The number of benzene rings is 1. The van der Waals surface area contributed by atoms with E-state index in [0.29, 0.717) is 0 Å². The second-order valence-electron chi connectivity index (χ2n) is 2.42. The Morgan fingerprint density at radius 3 is 2.83 bits per heavy atom. The third-order valence-corrected chi connectivity index (χ3v) is 3.77. The zero-order chi connectivity index (χ0) is 8.72. The van der Waals surface area contributed by atoms with Crippen LogP contribution in [0.3, 0.4) is 0 Å². The number of thiophene rings is 1. The molecule has 1 aromatic carbocycles. The molecule has 0 saturated heterocycles. The van der Waals surface area contributed by atoms with E-state index in [1.807, 2.05) is 17.5 Å². The Kier molecular flexibility index (Phi) is 2.02. The maximum Gasteiger partial charge on any atom is 0.0585 e. The van der Waals surface area contributed by atoms with Crippen LogP contribution in [-0.2, 0) is 0 Å². The number of anilines is 1. The summed E-state index contributed by atoms with van der Waals surface area (Å²) >= 11 is 11.0. The Morgan fingerprint density at radius 2 is 2.17 bits per heavy atom. The summed E-state index contributed by atoms with van der Waals surface area (Å²) in [5, 5.41) is 3.68. The first-order valence-electron chi connectivity index (χ1n) is 3.31. The second kappa shape index (κ2) is 2.91. The van der Waals surface area contributed by atoms with Gasteiger partial charge < -0.3 is 5.73 Å². The molecule has 0 aliphatic heterocycles. The molecule has 0 radical (unpaired) electrons. The fourth-order valence-electron chi connectivity index (χ4n) is 1.10. The molecule has 0 atom stereocenters. The van der Waals surface area contributed by atoms with Gasteiger partial charge in [-0.15, -0.1) is 11.3 Å². The van der Waals surface area contributed by atoms with Gasteiger partial charge in [0, 0.05) is 15.2 Å². The average molecular weight is 263 g/mol. The Bertz CT molecular complexity index is 438. The molecule has 4 heteroatoms. The van der Waals surface area contributed by atoms with Crippen LogP contribution in [0.25, 0.3) is 10.1 Å². The zero-order valence-electron chi connectivity index (χ0n) is 5.97. The molecule has 1 aromatic heterocycles. The molecule has 0 aliphatic carbocycles. The lowest BCUT2D eigenvalue weighted by Crippen LogP contribution is -1.81. The monoisotopic (exact) mass is 261 g/mol. The van der Waals surface area contributed by atoms with Crippen molar-refractivity contribution < 1.29 is 0 Å². The number of rotatable bonds is 0. The molecular weight excluding hydrogens is 258 g/mol. The van der Waals surface area contributed by atoms with E-state index in [0.717, 1.165) is 25.3 Å².